The number of likely N-dealkylation sites (N-methyl/N-ethyl adjacent to an activating group) is 1. The summed E-state index contributed by atoms with van der Waals surface area (Å²) in [5.74, 6) is 0. The molecule has 0 bridgehead atoms. The molecule has 0 aliphatic carbocycles. The predicted molar refractivity (Wildman–Crippen MR) is 179 cm³/mol. The van der Waals surface area contributed by atoms with E-state index in [2.05, 4.69) is 133 Å². The highest BCUT2D eigenvalue weighted by atomic mass is 15.1. The third-order valence-corrected chi connectivity index (χ3v) is 6.96. The lowest BCUT2D eigenvalue weighted by Gasteiger charge is -2.20. The van der Waals surface area contributed by atoms with Crippen LogP contribution in [0.2, 0.25) is 0 Å². The van der Waals surface area contributed by atoms with E-state index in [9.17, 15) is 0 Å². The molecule has 2 heteroatoms. The number of aryl methyl sites for hydroxylation is 1. The van der Waals surface area contributed by atoms with Crippen LogP contribution < -0.4 is 0 Å². The average molecular weight is 521 g/mol. The van der Waals surface area contributed by atoms with E-state index in [-0.39, 0.29) is 0 Å². The smallest absolute Gasteiger partial charge is 0.0598 e. The van der Waals surface area contributed by atoms with Crippen LogP contribution in [0.1, 0.15) is 75.3 Å². The fourth-order valence-corrected chi connectivity index (χ4v) is 4.26. The molecule has 0 spiro atoms. The molecule has 0 unspecified atom stereocenters. The van der Waals surface area contributed by atoms with Gasteiger partial charge in [0.15, 0.2) is 0 Å². The van der Waals surface area contributed by atoms with E-state index in [0.717, 1.165) is 69.7 Å². The Kier molecular flexibility index (Phi) is 14.3. The molecule has 1 rings (SSSR count). The quantitative estimate of drug-likeness (QED) is 0.143. The first-order chi connectivity index (χ1) is 18.6. The predicted octanol–water partition coefficient (Wildman–Crippen LogP) is 10.6. The van der Waals surface area contributed by atoms with Crippen molar-refractivity contribution >= 4 is 30.0 Å². The fraction of sp³-hybridized carbons (Fsp3) is 0.270. The van der Waals surface area contributed by atoms with Crippen molar-refractivity contribution in [2.24, 2.45) is 4.99 Å². The van der Waals surface area contributed by atoms with Crippen molar-refractivity contribution < 1.29 is 0 Å². The molecule has 0 fully saturated rings. The van der Waals surface area contributed by atoms with Crippen molar-refractivity contribution in [2.75, 3.05) is 13.6 Å². The zero-order chi connectivity index (χ0) is 29.5. The second kappa shape index (κ2) is 16.8. The van der Waals surface area contributed by atoms with Gasteiger partial charge in [-0.2, -0.15) is 0 Å². The molecule has 1 aromatic carbocycles. The summed E-state index contributed by atoms with van der Waals surface area (Å²) in [5.41, 5.74) is 12.0. The van der Waals surface area contributed by atoms with Gasteiger partial charge in [-0.3, -0.25) is 4.99 Å². The van der Waals surface area contributed by atoms with Gasteiger partial charge in [0.2, 0.25) is 0 Å². The van der Waals surface area contributed by atoms with Gasteiger partial charge in [0, 0.05) is 13.6 Å². The Hall–Kier alpha value is -3.91. The maximum atomic E-state index is 4.43. The van der Waals surface area contributed by atoms with E-state index in [1.807, 2.05) is 25.2 Å². The van der Waals surface area contributed by atoms with E-state index < -0.39 is 0 Å². The first kappa shape index (κ1) is 33.1. The highest BCUT2D eigenvalue weighted by molar-refractivity contribution is 5.84. The minimum atomic E-state index is 0.841. The molecule has 0 saturated carbocycles. The van der Waals surface area contributed by atoms with Crippen molar-refractivity contribution in [1.82, 2.24) is 4.90 Å². The molecule has 1 aromatic rings. The summed E-state index contributed by atoms with van der Waals surface area (Å²) in [6.07, 6.45) is 14.0. The average Bonchev–Trinajstić information content (AvgIpc) is 2.94. The second-order valence-corrected chi connectivity index (χ2v) is 9.72. The van der Waals surface area contributed by atoms with Crippen LogP contribution in [0.4, 0.5) is 0 Å². The SMILES string of the molecule is C=CCCC(=C)c1c(C)cccccc(/C(C)=C/C=C(C)/C(C)=C/C(=C(\C)N=C)N(C)CC)c(C=C)c1C=C. The third kappa shape index (κ3) is 9.41. The van der Waals surface area contributed by atoms with Crippen molar-refractivity contribution in [3.8, 4) is 0 Å². The Balaban J connectivity index is 3.88. The van der Waals surface area contributed by atoms with Gasteiger partial charge in [-0.25, -0.2) is 0 Å². The maximum absolute atomic E-state index is 4.43. The summed E-state index contributed by atoms with van der Waals surface area (Å²) in [5, 5.41) is 0. The van der Waals surface area contributed by atoms with Crippen LogP contribution in [0.15, 0.2) is 108 Å². The van der Waals surface area contributed by atoms with Crippen LogP contribution in [0, 0.1) is 6.92 Å². The molecule has 2 nitrogen and oxygen atoms in total. The first-order valence-corrected chi connectivity index (χ1v) is 13.6. The standard InChI is InChI=1S/C37H48N2/c1-13-17-21-29(7)37-30(8)22-19-18-20-23-35(33(14-2)34(37)15-3)28(6)25-24-27(5)31(9)26-36(32(10)38-11)39(12)16-4/h13-15,18-20,22-26H,1-3,7,11,16-17,21H2,4-6,8-10,12H3/b19-18?,20-18?,22-19?,23-20?,27-24+,28-25+,30-22?,31-26+,34-33?,35-23?,35-33?,36-32-,37-30?,37-34?. The highest BCUT2D eigenvalue weighted by Gasteiger charge is 2.11. The van der Waals surface area contributed by atoms with Crippen LogP contribution in [-0.2, 0) is 0 Å². The zero-order valence-electron chi connectivity index (χ0n) is 25.4. The summed E-state index contributed by atoms with van der Waals surface area (Å²) in [4.78, 5) is 6.35. The van der Waals surface area contributed by atoms with Gasteiger partial charge in [0.1, 0.15) is 0 Å². The Morgan fingerprint density at radius 1 is 0.923 bits per heavy atom. The molecule has 0 aliphatic heterocycles. The van der Waals surface area contributed by atoms with Crippen LogP contribution in [0.3, 0.4) is 0 Å². The molecule has 0 radical (unpaired) electrons. The van der Waals surface area contributed by atoms with Gasteiger partial charge in [0.25, 0.3) is 0 Å². The molecular weight excluding hydrogens is 472 g/mol. The third-order valence-electron chi connectivity index (χ3n) is 6.96. The van der Waals surface area contributed by atoms with Gasteiger partial charge < -0.3 is 4.90 Å². The molecular formula is C37H48N2. The number of aliphatic imine (C=N–C) groups is 1. The molecule has 0 heterocycles. The van der Waals surface area contributed by atoms with E-state index in [1.54, 1.807) is 0 Å². The van der Waals surface area contributed by atoms with Crippen molar-refractivity contribution in [2.45, 2.75) is 54.4 Å². The van der Waals surface area contributed by atoms with Crippen LogP contribution >= 0.6 is 0 Å². The Labute approximate surface area is 238 Å². The number of nitrogens with zero attached hydrogens (tertiary/aromatic N) is 2. The fourth-order valence-electron chi connectivity index (χ4n) is 4.26. The summed E-state index contributed by atoms with van der Waals surface area (Å²) in [6, 6.07) is 10.5. The molecule has 39 heavy (non-hydrogen) atoms. The summed E-state index contributed by atoms with van der Waals surface area (Å²) in [6.45, 7) is 34.0. The lowest BCUT2D eigenvalue weighted by molar-refractivity contribution is 0.450. The highest BCUT2D eigenvalue weighted by Crippen LogP contribution is 2.31. The topological polar surface area (TPSA) is 15.6 Å². The molecule has 206 valence electrons. The molecule has 0 atom stereocenters. The minimum Gasteiger partial charge on any atom is -0.373 e. The van der Waals surface area contributed by atoms with E-state index in [0.29, 0.717) is 0 Å². The lowest BCUT2D eigenvalue weighted by atomic mass is 9.89. The van der Waals surface area contributed by atoms with Gasteiger partial charge in [0.05, 0.1) is 11.4 Å². The largest absolute Gasteiger partial charge is 0.373 e. The number of hydrogen-bond acceptors (Lipinski definition) is 2. The first-order valence-electron chi connectivity index (χ1n) is 13.6. The van der Waals surface area contributed by atoms with Crippen LogP contribution in [0.5, 0.6) is 0 Å². The normalized spacial score (nSPS) is 12.6. The summed E-state index contributed by atoms with van der Waals surface area (Å²) in [7, 11) is 2.07. The second-order valence-electron chi connectivity index (χ2n) is 9.72. The van der Waals surface area contributed by atoms with Gasteiger partial charge in [-0.1, -0.05) is 80.4 Å². The lowest BCUT2D eigenvalue weighted by Crippen LogP contribution is -2.17. The Morgan fingerprint density at radius 3 is 2.13 bits per heavy atom. The Morgan fingerprint density at radius 2 is 1.56 bits per heavy atom. The number of rotatable bonds is 13. The van der Waals surface area contributed by atoms with Crippen LogP contribution in [-0.4, -0.2) is 25.2 Å². The molecule has 0 amide bonds. The number of hydrogen-bond donors (Lipinski definition) is 0. The van der Waals surface area contributed by atoms with Crippen molar-refractivity contribution in [3.05, 3.63) is 131 Å². The summed E-state index contributed by atoms with van der Waals surface area (Å²) >= 11 is 0. The molecule has 0 aromatic heterocycles. The Bertz CT molecular complexity index is 1280. The van der Waals surface area contributed by atoms with E-state index >= 15 is 0 Å². The maximum Gasteiger partial charge on any atom is 0.0598 e. The zero-order valence-corrected chi connectivity index (χ0v) is 25.4. The van der Waals surface area contributed by atoms with Crippen LogP contribution in [0.25, 0.3) is 23.3 Å². The number of allylic oxidation sites excluding steroid dienone is 9. The van der Waals surface area contributed by atoms with Gasteiger partial charge in [-0.15, -0.1) is 6.58 Å². The monoisotopic (exact) mass is 520 g/mol. The van der Waals surface area contributed by atoms with Crippen molar-refractivity contribution in [1.29, 1.82) is 0 Å². The molecule has 0 saturated heterocycles. The summed E-state index contributed by atoms with van der Waals surface area (Å²) < 4.78 is 0. The molecule has 0 N–H and O–H groups in total. The minimum absolute atomic E-state index is 0.841. The van der Waals surface area contributed by atoms with Gasteiger partial charge in [-0.05, 0) is 117 Å². The van der Waals surface area contributed by atoms with E-state index in [4.69, 9.17) is 0 Å². The van der Waals surface area contributed by atoms with Crippen molar-refractivity contribution in [3.63, 3.8) is 0 Å². The van der Waals surface area contributed by atoms with E-state index in [1.165, 1.54) is 11.1 Å². The molecule has 0 aliphatic rings. The van der Waals surface area contributed by atoms with Gasteiger partial charge >= 0.3 is 0 Å².